The number of benzene rings is 2. The molecular weight excluding hydrogens is 400 g/mol. The van der Waals surface area contributed by atoms with E-state index in [1.165, 1.54) is 0 Å². The number of nitrogens with one attached hydrogen (secondary N) is 2. The molecule has 0 fully saturated rings. The van der Waals surface area contributed by atoms with Crippen LogP contribution in [-0.2, 0) is 20.9 Å². The third kappa shape index (κ3) is 8.65. The van der Waals surface area contributed by atoms with Crippen molar-refractivity contribution in [3.63, 3.8) is 0 Å². The standard InChI is InChI=1S/C23H30N2O6/c1-29-19-13-17(14-20(15-19)30-2)16-31-21(23(27)25-28)11-7-4-8-12-22(26)24-18-9-5-3-6-10-18/h3,5-6,9-10,13-15,21,28H,4,7-8,11-12,16H2,1-2H3,(H,24,26)(H,25,27). The Bertz CT molecular complexity index is 806. The van der Waals surface area contributed by atoms with E-state index in [0.29, 0.717) is 37.2 Å². The molecule has 2 amide bonds. The molecule has 0 saturated heterocycles. The third-order valence-electron chi connectivity index (χ3n) is 4.69. The Morgan fingerprint density at radius 2 is 1.65 bits per heavy atom. The van der Waals surface area contributed by atoms with Crippen LogP contribution < -0.4 is 20.3 Å². The van der Waals surface area contributed by atoms with Crippen molar-refractivity contribution in [3.8, 4) is 11.5 Å². The molecule has 1 unspecified atom stereocenters. The molecule has 0 aromatic heterocycles. The normalized spacial score (nSPS) is 11.5. The second-order valence-corrected chi connectivity index (χ2v) is 7.01. The van der Waals surface area contributed by atoms with Gasteiger partial charge in [-0.25, -0.2) is 5.48 Å². The predicted molar refractivity (Wildman–Crippen MR) is 116 cm³/mol. The number of carbonyl (C=O) groups is 2. The van der Waals surface area contributed by atoms with Crippen molar-refractivity contribution in [1.82, 2.24) is 5.48 Å². The molecule has 2 aromatic rings. The first-order valence-electron chi connectivity index (χ1n) is 10.2. The minimum atomic E-state index is -0.805. The highest BCUT2D eigenvalue weighted by Crippen LogP contribution is 2.23. The van der Waals surface area contributed by atoms with Gasteiger partial charge in [0.25, 0.3) is 5.91 Å². The van der Waals surface area contributed by atoms with E-state index in [-0.39, 0.29) is 12.5 Å². The number of para-hydroxylation sites is 1. The van der Waals surface area contributed by atoms with Crippen LogP contribution in [0, 0.1) is 0 Å². The highest BCUT2D eigenvalue weighted by Gasteiger charge is 2.19. The monoisotopic (exact) mass is 430 g/mol. The molecule has 0 saturated carbocycles. The van der Waals surface area contributed by atoms with Crippen molar-refractivity contribution >= 4 is 17.5 Å². The van der Waals surface area contributed by atoms with Crippen molar-refractivity contribution in [2.75, 3.05) is 19.5 Å². The van der Waals surface area contributed by atoms with E-state index in [1.54, 1.807) is 37.9 Å². The van der Waals surface area contributed by atoms with E-state index >= 15 is 0 Å². The molecule has 8 heteroatoms. The van der Waals surface area contributed by atoms with Gasteiger partial charge in [0.05, 0.1) is 20.8 Å². The molecule has 2 aromatic carbocycles. The van der Waals surface area contributed by atoms with Gasteiger partial charge in [0.1, 0.15) is 17.6 Å². The van der Waals surface area contributed by atoms with E-state index in [0.717, 1.165) is 17.7 Å². The van der Waals surface area contributed by atoms with Gasteiger partial charge in [-0.3, -0.25) is 14.8 Å². The van der Waals surface area contributed by atoms with E-state index in [1.807, 2.05) is 30.3 Å². The Kier molecular flexibility index (Phi) is 10.3. The number of anilines is 1. The van der Waals surface area contributed by atoms with E-state index in [2.05, 4.69) is 5.32 Å². The number of carbonyl (C=O) groups excluding carboxylic acids is 2. The molecule has 0 radical (unpaired) electrons. The van der Waals surface area contributed by atoms with Crippen molar-refractivity contribution in [2.24, 2.45) is 0 Å². The van der Waals surface area contributed by atoms with Crippen molar-refractivity contribution in [1.29, 1.82) is 0 Å². The van der Waals surface area contributed by atoms with Gasteiger partial charge in [0.15, 0.2) is 0 Å². The Balaban J connectivity index is 1.76. The molecule has 8 nitrogen and oxygen atoms in total. The fourth-order valence-corrected chi connectivity index (χ4v) is 3.05. The zero-order chi connectivity index (χ0) is 22.5. The minimum Gasteiger partial charge on any atom is -0.497 e. The van der Waals surface area contributed by atoms with Crippen LogP contribution >= 0.6 is 0 Å². The highest BCUT2D eigenvalue weighted by molar-refractivity contribution is 5.90. The van der Waals surface area contributed by atoms with Crippen LogP contribution in [0.25, 0.3) is 0 Å². The number of rotatable bonds is 13. The molecule has 0 aliphatic heterocycles. The van der Waals surface area contributed by atoms with Gasteiger partial charge in [-0.2, -0.15) is 0 Å². The highest BCUT2D eigenvalue weighted by atomic mass is 16.5. The minimum absolute atomic E-state index is 0.0425. The summed E-state index contributed by atoms with van der Waals surface area (Å²) in [5, 5.41) is 11.9. The molecule has 0 aliphatic rings. The second-order valence-electron chi connectivity index (χ2n) is 7.01. The van der Waals surface area contributed by atoms with Crippen LogP contribution in [0.2, 0.25) is 0 Å². The van der Waals surface area contributed by atoms with Gasteiger partial charge >= 0.3 is 0 Å². The lowest BCUT2D eigenvalue weighted by Crippen LogP contribution is -2.34. The van der Waals surface area contributed by atoms with Crippen LogP contribution in [-0.4, -0.2) is 37.3 Å². The molecule has 0 bridgehead atoms. The molecule has 0 spiro atoms. The lowest BCUT2D eigenvalue weighted by molar-refractivity contribution is -0.142. The van der Waals surface area contributed by atoms with Crippen LogP contribution in [0.4, 0.5) is 5.69 Å². The fourth-order valence-electron chi connectivity index (χ4n) is 3.05. The first-order chi connectivity index (χ1) is 15.0. The van der Waals surface area contributed by atoms with Crippen molar-refractivity contribution < 1.29 is 29.0 Å². The van der Waals surface area contributed by atoms with Gasteiger partial charge in [-0.1, -0.05) is 31.0 Å². The van der Waals surface area contributed by atoms with E-state index < -0.39 is 12.0 Å². The third-order valence-corrected chi connectivity index (χ3v) is 4.69. The Hall–Kier alpha value is -3.10. The van der Waals surface area contributed by atoms with Gasteiger partial charge < -0.3 is 19.5 Å². The maximum Gasteiger partial charge on any atom is 0.272 e. The fraction of sp³-hybridized carbons (Fsp3) is 0.391. The summed E-state index contributed by atoms with van der Waals surface area (Å²) in [6.45, 7) is 0.158. The topological polar surface area (TPSA) is 106 Å². The molecule has 3 N–H and O–H groups in total. The summed E-state index contributed by atoms with van der Waals surface area (Å²) in [6.07, 6.45) is 2.15. The lowest BCUT2D eigenvalue weighted by Gasteiger charge is -2.16. The summed E-state index contributed by atoms with van der Waals surface area (Å²) in [7, 11) is 3.11. The lowest BCUT2D eigenvalue weighted by atomic mass is 10.1. The summed E-state index contributed by atoms with van der Waals surface area (Å²) >= 11 is 0. The molecule has 168 valence electrons. The maximum absolute atomic E-state index is 12.0. The number of hydrogen-bond donors (Lipinski definition) is 3. The van der Waals surface area contributed by atoms with Crippen molar-refractivity contribution in [3.05, 3.63) is 54.1 Å². The Morgan fingerprint density at radius 3 is 2.26 bits per heavy atom. The number of ether oxygens (including phenoxy) is 3. The van der Waals surface area contributed by atoms with Gasteiger partial charge in [-0.15, -0.1) is 0 Å². The summed E-state index contributed by atoms with van der Waals surface area (Å²) in [4.78, 5) is 23.9. The average molecular weight is 431 g/mol. The molecule has 0 aliphatic carbocycles. The second kappa shape index (κ2) is 13.3. The number of hydrogen-bond acceptors (Lipinski definition) is 6. The smallest absolute Gasteiger partial charge is 0.272 e. The van der Waals surface area contributed by atoms with Crippen LogP contribution in [0.3, 0.4) is 0 Å². The molecule has 2 rings (SSSR count). The number of methoxy groups -OCH3 is 2. The van der Waals surface area contributed by atoms with Crippen LogP contribution in [0.1, 0.15) is 37.7 Å². The molecule has 0 heterocycles. The first-order valence-corrected chi connectivity index (χ1v) is 10.2. The molecule has 1 atom stereocenters. The number of hydroxylamine groups is 1. The average Bonchev–Trinajstić information content (AvgIpc) is 2.80. The zero-order valence-corrected chi connectivity index (χ0v) is 17.9. The Morgan fingerprint density at radius 1 is 0.968 bits per heavy atom. The van der Waals surface area contributed by atoms with Gasteiger partial charge in [0.2, 0.25) is 5.91 Å². The van der Waals surface area contributed by atoms with E-state index in [4.69, 9.17) is 19.4 Å². The first kappa shape index (κ1) is 24.2. The summed E-state index contributed by atoms with van der Waals surface area (Å²) in [5.41, 5.74) is 3.21. The quantitative estimate of drug-likeness (QED) is 0.254. The predicted octanol–water partition coefficient (Wildman–Crippen LogP) is 3.68. The van der Waals surface area contributed by atoms with Gasteiger partial charge in [0, 0.05) is 18.2 Å². The van der Waals surface area contributed by atoms with Crippen LogP contribution in [0.15, 0.2) is 48.5 Å². The summed E-state index contributed by atoms with van der Waals surface area (Å²) in [6, 6.07) is 14.6. The van der Waals surface area contributed by atoms with Crippen molar-refractivity contribution in [2.45, 2.75) is 44.8 Å². The largest absolute Gasteiger partial charge is 0.497 e. The van der Waals surface area contributed by atoms with Crippen LogP contribution in [0.5, 0.6) is 11.5 Å². The molecule has 31 heavy (non-hydrogen) atoms. The zero-order valence-electron chi connectivity index (χ0n) is 17.9. The van der Waals surface area contributed by atoms with Gasteiger partial charge in [-0.05, 0) is 42.7 Å². The summed E-state index contributed by atoms with van der Waals surface area (Å²) < 4.78 is 16.2. The SMILES string of the molecule is COc1cc(COC(CCCCCC(=O)Nc2ccccc2)C(=O)NO)cc(OC)c1. The number of unbranched alkanes of at least 4 members (excludes halogenated alkanes) is 2. The van der Waals surface area contributed by atoms with E-state index in [9.17, 15) is 9.59 Å². The summed E-state index contributed by atoms with van der Waals surface area (Å²) in [5.74, 6) is 0.598. The maximum atomic E-state index is 12.0. The number of amides is 2. The Labute approximate surface area is 182 Å². The molecular formula is C23H30N2O6.